The van der Waals surface area contributed by atoms with E-state index >= 15 is 0 Å². The maximum Gasteiger partial charge on any atom is 0.232 e. The molecular formula is C9H13NO4. The molecule has 2 heterocycles. The number of carbonyl (C=O) groups excluding carboxylic acids is 2. The number of imide groups is 1. The molecule has 5 heteroatoms. The van der Waals surface area contributed by atoms with Crippen molar-refractivity contribution in [2.75, 3.05) is 13.2 Å². The Morgan fingerprint density at radius 2 is 2.14 bits per heavy atom. The number of ether oxygens (including phenoxy) is 1. The highest BCUT2D eigenvalue weighted by Crippen LogP contribution is 2.24. The number of carbonyl (C=O) groups is 2. The Morgan fingerprint density at radius 3 is 2.57 bits per heavy atom. The Kier molecular flexibility index (Phi) is 2.28. The quantitative estimate of drug-likeness (QED) is 0.558. The Morgan fingerprint density at radius 1 is 1.43 bits per heavy atom. The zero-order valence-electron chi connectivity index (χ0n) is 7.97. The molecule has 2 saturated heterocycles. The molecule has 0 spiro atoms. The first kappa shape index (κ1) is 9.61. The van der Waals surface area contributed by atoms with Crippen molar-refractivity contribution in [3.8, 4) is 0 Å². The van der Waals surface area contributed by atoms with Gasteiger partial charge in [0.2, 0.25) is 11.8 Å². The van der Waals surface area contributed by atoms with Gasteiger partial charge in [-0.25, -0.2) is 0 Å². The van der Waals surface area contributed by atoms with Crippen LogP contribution < -0.4 is 0 Å². The van der Waals surface area contributed by atoms with Crippen molar-refractivity contribution in [3.05, 3.63) is 0 Å². The minimum Gasteiger partial charge on any atom is -0.388 e. The third-order valence-electron chi connectivity index (χ3n) is 2.76. The monoisotopic (exact) mass is 199 g/mol. The lowest BCUT2D eigenvalue weighted by molar-refractivity contribution is -0.143. The van der Waals surface area contributed by atoms with Gasteiger partial charge in [0.15, 0.2) is 0 Å². The molecule has 0 aromatic heterocycles. The summed E-state index contributed by atoms with van der Waals surface area (Å²) in [5.74, 6) is -0.642. The first-order chi connectivity index (χ1) is 6.61. The first-order valence-corrected chi connectivity index (χ1v) is 4.73. The van der Waals surface area contributed by atoms with Crippen LogP contribution >= 0.6 is 0 Å². The van der Waals surface area contributed by atoms with Gasteiger partial charge in [-0.1, -0.05) is 6.92 Å². The van der Waals surface area contributed by atoms with Crippen LogP contribution in [0, 0.1) is 5.92 Å². The van der Waals surface area contributed by atoms with Crippen LogP contribution in [0.25, 0.3) is 0 Å². The van der Waals surface area contributed by atoms with E-state index in [1.54, 1.807) is 6.92 Å². The highest BCUT2D eigenvalue weighted by Gasteiger charge is 2.44. The number of likely N-dealkylation sites (tertiary alicyclic amines) is 1. The van der Waals surface area contributed by atoms with E-state index in [0.717, 1.165) is 0 Å². The fourth-order valence-corrected chi connectivity index (χ4v) is 1.93. The molecule has 3 atom stereocenters. The number of nitrogens with zero attached hydrogens (tertiary/aromatic N) is 1. The van der Waals surface area contributed by atoms with Crippen molar-refractivity contribution < 1.29 is 19.4 Å². The van der Waals surface area contributed by atoms with Gasteiger partial charge in [0.05, 0.1) is 19.3 Å². The molecule has 2 fully saturated rings. The van der Waals surface area contributed by atoms with Crippen LogP contribution in [0.2, 0.25) is 0 Å². The van der Waals surface area contributed by atoms with E-state index in [2.05, 4.69) is 0 Å². The summed E-state index contributed by atoms with van der Waals surface area (Å²) in [5.41, 5.74) is 0. The lowest BCUT2D eigenvalue weighted by Gasteiger charge is -2.23. The molecule has 0 aromatic carbocycles. The van der Waals surface area contributed by atoms with Crippen LogP contribution in [0.4, 0.5) is 0 Å². The molecular weight excluding hydrogens is 186 g/mol. The van der Waals surface area contributed by atoms with E-state index in [9.17, 15) is 14.7 Å². The summed E-state index contributed by atoms with van der Waals surface area (Å²) in [5, 5.41) is 9.50. The van der Waals surface area contributed by atoms with Gasteiger partial charge in [0.25, 0.3) is 0 Å². The summed E-state index contributed by atoms with van der Waals surface area (Å²) < 4.78 is 5.02. The van der Waals surface area contributed by atoms with Crippen molar-refractivity contribution in [2.45, 2.75) is 25.5 Å². The minimum atomic E-state index is -0.729. The summed E-state index contributed by atoms with van der Waals surface area (Å²) in [4.78, 5) is 24.2. The molecule has 2 aliphatic rings. The molecule has 0 saturated carbocycles. The van der Waals surface area contributed by atoms with Crippen molar-refractivity contribution in [3.63, 3.8) is 0 Å². The molecule has 14 heavy (non-hydrogen) atoms. The number of rotatable bonds is 1. The number of aliphatic hydroxyl groups excluding tert-OH is 1. The van der Waals surface area contributed by atoms with Gasteiger partial charge in [-0.15, -0.1) is 0 Å². The Hall–Kier alpha value is -0.940. The molecule has 1 unspecified atom stereocenters. The predicted octanol–water partition coefficient (Wildman–Crippen LogP) is -0.859. The number of amides is 2. The first-order valence-electron chi connectivity index (χ1n) is 4.73. The summed E-state index contributed by atoms with van der Waals surface area (Å²) in [6, 6.07) is -0.472. The van der Waals surface area contributed by atoms with Gasteiger partial charge in [0.1, 0.15) is 6.10 Å². The lowest BCUT2D eigenvalue weighted by atomic mass is 10.1. The minimum absolute atomic E-state index is 0.190. The van der Waals surface area contributed by atoms with Crippen LogP contribution in [0.5, 0.6) is 0 Å². The van der Waals surface area contributed by atoms with Crippen molar-refractivity contribution in [1.82, 2.24) is 4.90 Å². The number of hydrogen-bond acceptors (Lipinski definition) is 4. The lowest BCUT2D eigenvalue weighted by Crippen LogP contribution is -2.46. The van der Waals surface area contributed by atoms with E-state index < -0.39 is 12.1 Å². The van der Waals surface area contributed by atoms with Gasteiger partial charge in [-0.05, 0) is 0 Å². The highest BCUT2D eigenvalue weighted by atomic mass is 16.5. The molecule has 2 rings (SSSR count). The molecule has 0 aromatic rings. The van der Waals surface area contributed by atoms with Crippen LogP contribution in [-0.4, -0.2) is 47.2 Å². The number of hydrogen-bond donors (Lipinski definition) is 1. The largest absolute Gasteiger partial charge is 0.388 e. The fourth-order valence-electron chi connectivity index (χ4n) is 1.93. The van der Waals surface area contributed by atoms with Gasteiger partial charge in [-0.2, -0.15) is 0 Å². The normalized spacial score (nSPS) is 38.4. The van der Waals surface area contributed by atoms with Crippen molar-refractivity contribution >= 4 is 11.8 Å². The summed E-state index contributed by atoms with van der Waals surface area (Å²) in [7, 11) is 0. The van der Waals surface area contributed by atoms with Gasteiger partial charge >= 0.3 is 0 Å². The van der Waals surface area contributed by atoms with E-state index in [1.807, 2.05) is 0 Å². The molecule has 0 bridgehead atoms. The molecule has 0 radical (unpaired) electrons. The van der Waals surface area contributed by atoms with E-state index in [-0.39, 0.29) is 37.4 Å². The zero-order chi connectivity index (χ0) is 10.3. The Labute approximate surface area is 81.6 Å². The molecule has 78 valence electrons. The number of aliphatic hydroxyl groups is 1. The van der Waals surface area contributed by atoms with Crippen LogP contribution in [0.1, 0.15) is 13.3 Å². The van der Waals surface area contributed by atoms with Crippen LogP contribution in [0.15, 0.2) is 0 Å². The molecule has 5 nitrogen and oxygen atoms in total. The third kappa shape index (κ3) is 1.33. The summed E-state index contributed by atoms with van der Waals surface area (Å²) in [6.07, 6.45) is -0.476. The average Bonchev–Trinajstić information content (AvgIpc) is 2.60. The SMILES string of the molecule is CC1CC(=O)N([C@@H]2COC[C@H]2O)C1=O. The van der Waals surface area contributed by atoms with Gasteiger partial charge < -0.3 is 9.84 Å². The second-order valence-corrected chi connectivity index (χ2v) is 3.88. The maximum atomic E-state index is 11.6. The summed E-state index contributed by atoms with van der Waals surface area (Å²) in [6.45, 7) is 2.18. The van der Waals surface area contributed by atoms with Crippen molar-refractivity contribution in [2.24, 2.45) is 5.92 Å². The van der Waals surface area contributed by atoms with E-state index in [4.69, 9.17) is 4.74 Å². The maximum absolute atomic E-state index is 11.6. The molecule has 1 N–H and O–H groups in total. The molecule has 2 aliphatic heterocycles. The fraction of sp³-hybridized carbons (Fsp3) is 0.778. The Balaban J connectivity index is 2.17. The zero-order valence-corrected chi connectivity index (χ0v) is 7.97. The van der Waals surface area contributed by atoms with Gasteiger partial charge in [0, 0.05) is 12.3 Å². The average molecular weight is 199 g/mol. The second kappa shape index (κ2) is 3.33. The van der Waals surface area contributed by atoms with Crippen molar-refractivity contribution in [1.29, 1.82) is 0 Å². The van der Waals surface area contributed by atoms with Gasteiger partial charge in [-0.3, -0.25) is 14.5 Å². The van der Waals surface area contributed by atoms with Crippen LogP contribution in [-0.2, 0) is 14.3 Å². The summed E-state index contributed by atoms with van der Waals surface area (Å²) >= 11 is 0. The van der Waals surface area contributed by atoms with Crippen LogP contribution in [0.3, 0.4) is 0 Å². The second-order valence-electron chi connectivity index (χ2n) is 3.88. The highest BCUT2D eigenvalue weighted by molar-refractivity contribution is 6.03. The predicted molar refractivity (Wildman–Crippen MR) is 46.2 cm³/mol. The van der Waals surface area contributed by atoms with E-state index in [1.165, 1.54) is 4.90 Å². The topological polar surface area (TPSA) is 66.8 Å². The Bertz CT molecular complexity index is 278. The van der Waals surface area contributed by atoms with E-state index in [0.29, 0.717) is 0 Å². The third-order valence-corrected chi connectivity index (χ3v) is 2.76. The standard InChI is InChI=1S/C9H13NO4/c1-5-2-8(12)10(9(5)13)6-3-14-4-7(6)11/h5-7,11H,2-4H2,1H3/t5?,6-,7-/m1/s1. The molecule has 2 amide bonds. The smallest absolute Gasteiger partial charge is 0.232 e. The molecule has 0 aliphatic carbocycles.